The SMILES string of the molecule is C[C@H](Cl)CSC(=O)S[C@@H](Cl)C(Cl)Cl. The number of carbonyl (C=O) groups excluding carboxylic acids is 1. The highest BCUT2D eigenvalue weighted by Gasteiger charge is 2.19. The number of thioether (sulfide) groups is 2. The summed E-state index contributed by atoms with van der Waals surface area (Å²) in [5, 5.41) is -0.0360. The van der Waals surface area contributed by atoms with Gasteiger partial charge in [0.05, 0.1) is 0 Å². The van der Waals surface area contributed by atoms with Crippen LogP contribution in [0.15, 0.2) is 0 Å². The fourth-order valence-corrected chi connectivity index (χ4v) is 2.70. The first kappa shape index (κ1) is 14.5. The molecule has 0 saturated carbocycles. The Hall–Kier alpha value is 1.53. The summed E-state index contributed by atoms with van der Waals surface area (Å²) in [5.74, 6) is 0.562. The molecule has 0 spiro atoms. The fraction of sp³-hybridized carbons (Fsp3) is 0.833. The molecule has 2 atom stereocenters. The molecule has 0 rings (SSSR count). The highest BCUT2D eigenvalue weighted by Crippen LogP contribution is 2.30. The van der Waals surface area contributed by atoms with Gasteiger partial charge in [0.2, 0.25) is 4.45 Å². The third-order valence-corrected chi connectivity index (χ3v) is 4.99. The topological polar surface area (TPSA) is 17.1 Å². The molecule has 0 saturated heterocycles. The molecule has 0 aliphatic carbocycles. The van der Waals surface area contributed by atoms with E-state index in [1.807, 2.05) is 6.92 Å². The fourth-order valence-electron chi connectivity index (χ4n) is 0.360. The molecule has 0 aromatic heterocycles. The third-order valence-electron chi connectivity index (χ3n) is 0.838. The zero-order chi connectivity index (χ0) is 10.4. The van der Waals surface area contributed by atoms with E-state index in [0.29, 0.717) is 5.75 Å². The Morgan fingerprint density at radius 3 is 2.23 bits per heavy atom. The maximum absolute atomic E-state index is 11.1. The van der Waals surface area contributed by atoms with Gasteiger partial charge in [-0.05, 0) is 6.92 Å². The van der Waals surface area contributed by atoms with Gasteiger partial charge >= 0.3 is 0 Å². The summed E-state index contributed by atoms with van der Waals surface area (Å²) in [6, 6.07) is 0. The van der Waals surface area contributed by atoms with Crippen LogP contribution in [0.2, 0.25) is 0 Å². The van der Waals surface area contributed by atoms with Crippen molar-refractivity contribution in [3.05, 3.63) is 0 Å². The summed E-state index contributed by atoms with van der Waals surface area (Å²) >= 11 is 24.3. The van der Waals surface area contributed by atoms with Crippen LogP contribution in [-0.4, -0.2) is 25.1 Å². The lowest BCUT2D eigenvalue weighted by atomic mass is 10.6. The quantitative estimate of drug-likeness (QED) is 0.708. The van der Waals surface area contributed by atoms with E-state index in [1.54, 1.807) is 0 Å². The number of rotatable bonds is 4. The smallest absolute Gasteiger partial charge is 0.247 e. The predicted octanol–water partition coefficient (Wildman–Crippen LogP) is 4.57. The molecule has 0 amide bonds. The van der Waals surface area contributed by atoms with Crippen LogP contribution >= 0.6 is 69.9 Å². The number of hydrogen-bond donors (Lipinski definition) is 0. The number of halogens is 4. The third kappa shape index (κ3) is 8.52. The summed E-state index contributed by atoms with van der Waals surface area (Å²) in [5.41, 5.74) is 0. The van der Waals surface area contributed by atoms with E-state index < -0.39 is 9.55 Å². The molecule has 0 radical (unpaired) electrons. The predicted molar refractivity (Wildman–Crippen MR) is 65.9 cm³/mol. The van der Waals surface area contributed by atoms with E-state index in [4.69, 9.17) is 46.4 Å². The highest BCUT2D eigenvalue weighted by atomic mass is 35.5. The summed E-state index contributed by atoms with van der Waals surface area (Å²) in [7, 11) is 0. The Bertz CT molecular complexity index is 165. The minimum Gasteiger partial charge on any atom is -0.274 e. The second-order valence-electron chi connectivity index (χ2n) is 2.15. The first-order valence-corrected chi connectivity index (χ1v) is 6.94. The van der Waals surface area contributed by atoms with Crippen LogP contribution in [0.4, 0.5) is 4.79 Å². The summed E-state index contributed by atoms with van der Waals surface area (Å²) in [6.45, 7) is 1.82. The molecule has 0 heterocycles. The van der Waals surface area contributed by atoms with Crippen LogP contribution in [0.1, 0.15) is 6.92 Å². The van der Waals surface area contributed by atoms with Crippen molar-refractivity contribution in [3.8, 4) is 0 Å². The molecule has 0 aliphatic rings. The van der Waals surface area contributed by atoms with Crippen LogP contribution < -0.4 is 0 Å². The van der Waals surface area contributed by atoms with Gasteiger partial charge in [-0.15, -0.1) is 46.4 Å². The van der Waals surface area contributed by atoms with Gasteiger partial charge in [0.1, 0.15) is 9.55 Å². The van der Waals surface area contributed by atoms with Crippen LogP contribution in [0.5, 0.6) is 0 Å². The van der Waals surface area contributed by atoms with Crippen molar-refractivity contribution in [3.63, 3.8) is 0 Å². The minimum absolute atomic E-state index is 0.0360. The van der Waals surface area contributed by atoms with Crippen molar-refractivity contribution in [2.45, 2.75) is 21.8 Å². The number of hydrogen-bond acceptors (Lipinski definition) is 3. The van der Waals surface area contributed by atoms with Gasteiger partial charge in [0.15, 0.2) is 0 Å². The highest BCUT2D eigenvalue weighted by molar-refractivity contribution is 8.39. The van der Waals surface area contributed by atoms with Gasteiger partial charge in [-0.1, -0.05) is 23.5 Å². The molecule has 13 heavy (non-hydrogen) atoms. The largest absolute Gasteiger partial charge is 0.274 e. The van der Waals surface area contributed by atoms with E-state index in [9.17, 15) is 4.79 Å². The zero-order valence-electron chi connectivity index (χ0n) is 6.68. The van der Waals surface area contributed by atoms with Crippen LogP contribution in [0.3, 0.4) is 0 Å². The van der Waals surface area contributed by atoms with Crippen LogP contribution in [0.25, 0.3) is 0 Å². The Morgan fingerprint density at radius 1 is 1.31 bits per heavy atom. The molecule has 0 fully saturated rings. The van der Waals surface area contributed by atoms with E-state index >= 15 is 0 Å². The van der Waals surface area contributed by atoms with Gasteiger partial charge < -0.3 is 0 Å². The molecule has 0 bridgehead atoms. The minimum atomic E-state index is -0.746. The molecule has 7 heteroatoms. The Labute approximate surface area is 106 Å². The molecular weight excluding hydrogens is 294 g/mol. The van der Waals surface area contributed by atoms with Crippen molar-refractivity contribution in [1.82, 2.24) is 0 Å². The average Bonchev–Trinajstić information content (AvgIpc) is 2.00. The summed E-state index contributed by atoms with van der Waals surface area (Å²) in [6.07, 6.45) is 0. The summed E-state index contributed by atoms with van der Waals surface area (Å²) in [4.78, 5) is 10.4. The van der Waals surface area contributed by atoms with Crippen molar-refractivity contribution < 1.29 is 4.79 Å². The number of carbonyl (C=O) groups is 1. The van der Waals surface area contributed by atoms with E-state index in [0.717, 1.165) is 23.5 Å². The molecule has 1 nitrogen and oxygen atoms in total. The lowest BCUT2D eigenvalue weighted by Crippen LogP contribution is -2.06. The molecule has 0 aliphatic heterocycles. The van der Waals surface area contributed by atoms with E-state index in [2.05, 4.69) is 0 Å². The molecular formula is C6H8Cl4OS2. The molecule has 0 N–H and O–H groups in total. The average molecular weight is 302 g/mol. The van der Waals surface area contributed by atoms with Gasteiger partial charge in [-0.2, -0.15) is 0 Å². The zero-order valence-corrected chi connectivity index (χ0v) is 11.3. The van der Waals surface area contributed by atoms with Crippen molar-refractivity contribution >= 4 is 74.4 Å². The second-order valence-corrected chi connectivity index (χ2v) is 7.15. The van der Waals surface area contributed by atoms with E-state index in [-0.39, 0.29) is 9.82 Å². The van der Waals surface area contributed by atoms with Gasteiger partial charge in [-0.25, -0.2) is 0 Å². The Morgan fingerprint density at radius 2 is 1.85 bits per heavy atom. The monoisotopic (exact) mass is 300 g/mol. The maximum atomic E-state index is 11.1. The lowest BCUT2D eigenvalue weighted by molar-refractivity contribution is 0.276. The second kappa shape index (κ2) is 7.77. The molecule has 0 aromatic carbocycles. The lowest BCUT2D eigenvalue weighted by Gasteiger charge is -2.07. The van der Waals surface area contributed by atoms with E-state index in [1.165, 1.54) is 0 Å². The van der Waals surface area contributed by atoms with Gasteiger partial charge in [0.25, 0.3) is 0 Å². The van der Waals surface area contributed by atoms with Gasteiger partial charge in [-0.3, -0.25) is 4.79 Å². The Kier molecular flexibility index (Phi) is 8.69. The standard InChI is InChI=1S/C6H8Cl4OS2/c1-3(7)2-12-6(11)13-5(10)4(8)9/h3-5H,2H2,1H3/t3-,5+/m0/s1. The van der Waals surface area contributed by atoms with Crippen LogP contribution in [0, 0.1) is 0 Å². The first-order valence-electron chi connectivity index (χ1n) is 3.33. The molecule has 0 unspecified atom stereocenters. The number of alkyl halides is 4. The van der Waals surface area contributed by atoms with Crippen molar-refractivity contribution in [1.29, 1.82) is 0 Å². The Balaban J connectivity index is 3.62. The van der Waals surface area contributed by atoms with Gasteiger partial charge in [0, 0.05) is 11.1 Å². The van der Waals surface area contributed by atoms with Crippen molar-refractivity contribution in [2.75, 3.05) is 5.75 Å². The first-order chi connectivity index (χ1) is 5.93. The molecule has 0 aromatic rings. The summed E-state index contributed by atoms with van der Waals surface area (Å²) < 4.78 is -0.715. The van der Waals surface area contributed by atoms with Crippen LogP contribution in [-0.2, 0) is 0 Å². The van der Waals surface area contributed by atoms with Crippen molar-refractivity contribution in [2.24, 2.45) is 0 Å². The maximum Gasteiger partial charge on any atom is 0.247 e. The molecule has 78 valence electrons. The normalized spacial score (nSPS) is 15.8.